The maximum atomic E-state index is 13.2. The van der Waals surface area contributed by atoms with Crippen molar-refractivity contribution < 1.29 is 38.1 Å². The number of carbonyl (C=O) groups excluding carboxylic acids is 4. The fourth-order valence-corrected chi connectivity index (χ4v) is 4.30. The number of esters is 4. The Morgan fingerprint density at radius 2 is 0.675 bits per heavy atom. The minimum Gasteiger partial charge on any atom is -0.466 e. The van der Waals surface area contributed by atoms with E-state index in [4.69, 9.17) is 18.9 Å². The summed E-state index contributed by atoms with van der Waals surface area (Å²) < 4.78 is 21.7. The average Bonchev–Trinajstić information content (AvgIpc) is 2.94. The highest BCUT2D eigenvalue weighted by atomic mass is 16.6. The van der Waals surface area contributed by atoms with Gasteiger partial charge < -0.3 is 18.9 Å². The average molecular weight is 571 g/mol. The summed E-state index contributed by atoms with van der Waals surface area (Å²) in [4.78, 5) is 51.9. The Bertz CT molecular complexity index is 607. The van der Waals surface area contributed by atoms with Crippen LogP contribution in [0.25, 0.3) is 0 Å². The zero-order valence-corrected chi connectivity index (χ0v) is 26.0. The molecule has 0 amide bonds. The standard InChI is InChI=1S/C32H58O8/c1-5-9-13-17-21-37-29(33)25-27(31(35)39-23-19-15-11-7-3)28(32(36)40-24-20-16-12-8-4)26-30(34)38-22-18-14-10-6-2/h27-28H,5-26H2,1-4H3. The quantitative estimate of drug-likeness (QED) is 0.0568. The smallest absolute Gasteiger partial charge is 0.310 e. The molecule has 0 bridgehead atoms. The first kappa shape index (κ1) is 37.9. The molecule has 0 aromatic rings. The van der Waals surface area contributed by atoms with Crippen LogP contribution in [0, 0.1) is 11.8 Å². The topological polar surface area (TPSA) is 105 Å². The largest absolute Gasteiger partial charge is 0.466 e. The maximum absolute atomic E-state index is 13.2. The van der Waals surface area contributed by atoms with Crippen LogP contribution in [-0.2, 0) is 38.1 Å². The molecule has 0 radical (unpaired) electrons. The van der Waals surface area contributed by atoms with Gasteiger partial charge in [0, 0.05) is 0 Å². The van der Waals surface area contributed by atoms with Crippen molar-refractivity contribution in [3.05, 3.63) is 0 Å². The monoisotopic (exact) mass is 570 g/mol. The fraction of sp³-hybridized carbons (Fsp3) is 0.875. The molecule has 2 atom stereocenters. The SMILES string of the molecule is CCCCCCOC(=O)CC(C(=O)OCCCCCC)C(CC(=O)OCCCCCC)C(=O)OCCCCCC. The summed E-state index contributed by atoms with van der Waals surface area (Å²) in [6.07, 6.45) is 14.3. The second-order valence-corrected chi connectivity index (χ2v) is 10.6. The molecule has 0 fully saturated rings. The van der Waals surface area contributed by atoms with Crippen molar-refractivity contribution in [3.63, 3.8) is 0 Å². The van der Waals surface area contributed by atoms with Crippen LogP contribution < -0.4 is 0 Å². The predicted molar refractivity (Wildman–Crippen MR) is 157 cm³/mol. The highest BCUT2D eigenvalue weighted by Crippen LogP contribution is 2.25. The van der Waals surface area contributed by atoms with Crippen molar-refractivity contribution >= 4 is 23.9 Å². The van der Waals surface area contributed by atoms with Crippen LogP contribution >= 0.6 is 0 Å². The molecule has 0 aromatic heterocycles. The number of ether oxygens (including phenoxy) is 4. The van der Waals surface area contributed by atoms with Crippen LogP contribution in [0.1, 0.15) is 143 Å². The second kappa shape index (κ2) is 27.1. The summed E-state index contributed by atoms with van der Waals surface area (Å²) in [6, 6.07) is 0. The molecule has 2 unspecified atom stereocenters. The van der Waals surface area contributed by atoms with E-state index >= 15 is 0 Å². The van der Waals surface area contributed by atoms with Gasteiger partial charge in [-0.15, -0.1) is 0 Å². The molecule has 0 aliphatic carbocycles. The van der Waals surface area contributed by atoms with E-state index in [1.54, 1.807) is 0 Å². The van der Waals surface area contributed by atoms with Gasteiger partial charge in [-0.3, -0.25) is 19.2 Å². The van der Waals surface area contributed by atoms with E-state index in [1.807, 2.05) is 0 Å². The molecule has 0 rings (SSSR count). The third-order valence-electron chi connectivity index (χ3n) is 6.87. The van der Waals surface area contributed by atoms with E-state index < -0.39 is 35.7 Å². The number of hydrogen-bond donors (Lipinski definition) is 0. The van der Waals surface area contributed by atoms with Crippen molar-refractivity contribution in [2.75, 3.05) is 26.4 Å². The Morgan fingerprint density at radius 3 is 0.950 bits per heavy atom. The Morgan fingerprint density at radius 1 is 0.400 bits per heavy atom. The zero-order valence-electron chi connectivity index (χ0n) is 26.0. The molecule has 0 spiro atoms. The molecule has 8 nitrogen and oxygen atoms in total. The maximum Gasteiger partial charge on any atom is 0.310 e. The van der Waals surface area contributed by atoms with Crippen LogP contribution in [0.15, 0.2) is 0 Å². The van der Waals surface area contributed by atoms with Gasteiger partial charge in [-0.2, -0.15) is 0 Å². The van der Waals surface area contributed by atoms with Gasteiger partial charge in [-0.25, -0.2) is 0 Å². The van der Waals surface area contributed by atoms with Gasteiger partial charge in [0.1, 0.15) is 0 Å². The highest BCUT2D eigenvalue weighted by molar-refractivity contribution is 5.88. The summed E-state index contributed by atoms with van der Waals surface area (Å²) in [5, 5.41) is 0. The fourth-order valence-electron chi connectivity index (χ4n) is 4.30. The van der Waals surface area contributed by atoms with Crippen LogP contribution in [-0.4, -0.2) is 50.3 Å². The highest BCUT2D eigenvalue weighted by Gasteiger charge is 2.40. The number of carbonyl (C=O) groups is 4. The lowest BCUT2D eigenvalue weighted by molar-refractivity contribution is -0.167. The van der Waals surface area contributed by atoms with E-state index in [0.717, 1.165) is 89.9 Å². The summed E-state index contributed by atoms with van der Waals surface area (Å²) in [6.45, 7) is 9.29. The van der Waals surface area contributed by atoms with Gasteiger partial charge >= 0.3 is 23.9 Å². The van der Waals surface area contributed by atoms with Gasteiger partial charge in [-0.1, -0.05) is 105 Å². The molecule has 8 heteroatoms. The molecule has 0 saturated heterocycles. The normalized spacial score (nSPS) is 12.4. The first-order valence-corrected chi connectivity index (χ1v) is 16.1. The van der Waals surface area contributed by atoms with E-state index in [-0.39, 0.29) is 39.3 Å². The lowest BCUT2D eigenvalue weighted by Crippen LogP contribution is -2.36. The first-order valence-electron chi connectivity index (χ1n) is 16.1. The van der Waals surface area contributed by atoms with Gasteiger partial charge in [-0.05, 0) is 25.7 Å². The van der Waals surface area contributed by atoms with E-state index in [2.05, 4.69) is 27.7 Å². The molecule has 234 valence electrons. The Labute approximate surface area is 243 Å². The predicted octanol–water partition coefficient (Wildman–Crippen LogP) is 7.49. The van der Waals surface area contributed by atoms with Crippen LogP contribution in [0.5, 0.6) is 0 Å². The lowest BCUT2D eigenvalue weighted by atomic mass is 9.86. The van der Waals surface area contributed by atoms with E-state index in [9.17, 15) is 19.2 Å². The number of hydrogen-bond acceptors (Lipinski definition) is 8. The molecule has 0 saturated carbocycles. The first-order chi connectivity index (χ1) is 19.4. The van der Waals surface area contributed by atoms with E-state index in [0.29, 0.717) is 12.8 Å². The van der Waals surface area contributed by atoms with Crippen LogP contribution in [0.4, 0.5) is 0 Å². The van der Waals surface area contributed by atoms with Crippen molar-refractivity contribution in [1.29, 1.82) is 0 Å². The van der Waals surface area contributed by atoms with Crippen molar-refractivity contribution in [1.82, 2.24) is 0 Å². The molecular formula is C32H58O8. The third kappa shape index (κ3) is 20.7. The van der Waals surface area contributed by atoms with Crippen molar-refractivity contribution in [3.8, 4) is 0 Å². The summed E-state index contributed by atoms with van der Waals surface area (Å²) >= 11 is 0. The second-order valence-electron chi connectivity index (χ2n) is 10.6. The lowest BCUT2D eigenvalue weighted by Gasteiger charge is -2.23. The summed E-state index contributed by atoms with van der Waals surface area (Å²) in [5.74, 6) is -4.88. The van der Waals surface area contributed by atoms with Crippen LogP contribution in [0.2, 0.25) is 0 Å². The molecule has 0 aliphatic rings. The van der Waals surface area contributed by atoms with Crippen molar-refractivity contribution in [2.24, 2.45) is 11.8 Å². The van der Waals surface area contributed by atoms with Gasteiger partial charge in [0.15, 0.2) is 0 Å². The number of rotatable bonds is 27. The molecule has 0 aliphatic heterocycles. The minimum atomic E-state index is -1.18. The van der Waals surface area contributed by atoms with Crippen molar-refractivity contribution in [2.45, 2.75) is 143 Å². The number of unbranched alkanes of at least 4 members (excludes halogenated alkanes) is 12. The Kier molecular flexibility index (Phi) is 25.6. The summed E-state index contributed by atoms with van der Waals surface area (Å²) in [5.41, 5.74) is 0. The molecule has 0 heterocycles. The molecule has 40 heavy (non-hydrogen) atoms. The van der Waals surface area contributed by atoms with Gasteiger partial charge in [0.05, 0.1) is 51.1 Å². The molecule has 0 aromatic carbocycles. The van der Waals surface area contributed by atoms with E-state index in [1.165, 1.54) is 0 Å². The molecule has 0 N–H and O–H groups in total. The molecular weight excluding hydrogens is 512 g/mol. The summed E-state index contributed by atoms with van der Waals surface area (Å²) in [7, 11) is 0. The third-order valence-corrected chi connectivity index (χ3v) is 6.87. The zero-order chi connectivity index (χ0) is 29.8. The van der Waals surface area contributed by atoms with Gasteiger partial charge in [0.2, 0.25) is 0 Å². The Hall–Kier alpha value is -2.12. The van der Waals surface area contributed by atoms with Gasteiger partial charge in [0.25, 0.3) is 0 Å². The van der Waals surface area contributed by atoms with Crippen LogP contribution in [0.3, 0.4) is 0 Å². The minimum absolute atomic E-state index is 0.196. The Balaban J connectivity index is 5.51.